The first-order chi connectivity index (χ1) is 8.51. The molecule has 1 heterocycles. The second kappa shape index (κ2) is 3.69. The van der Waals surface area contributed by atoms with Crippen LogP contribution in [0.5, 0.6) is 0 Å². The molecule has 18 heavy (non-hydrogen) atoms. The summed E-state index contributed by atoms with van der Waals surface area (Å²) < 4.78 is 0. The van der Waals surface area contributed by atoms with E-state index in [2.05, 4.69) is 11.9 Å². The third-order valence-corrected chi connectivity index (χ3v) is 3.95. The molecule has 0 spiro atoms. The van der Waals surface area contributed by atoms with Crippen molar-refractivity contribution in [2.75, 3.05) is 0 Å². The van der Waals surface area contributed by atoms with Gasteiger partial charge in [0.15, 0.2) is 0 Å². The maximum Gasteiger partial charge on any atom is 0.336 e. The molecule has 1 aromatic heterocycles. The fourth-order valence-electron chi connectivity index (χ4n) is 2.16. The Kier molecular flexibility index (Phi) is 2.35. The van der Waals surface area contributed by atoms with Gasteiger partial charge in [0, 0.05) is 16.5 Å². The fraction of sp³-hybridized carbons (Fsp3) is 0.286. The van der Waals surface area contributed by atoms with Gasteiger partial charge in [-0.15, -0.1) is 0 Å². The van der Waals surface area contributed by atoms with E-state index in [1.54, 1.807) is 18.2 Å². The molecule has 1 aliphatic rings. The predicted molar refractivity (Wildman–Crippen MR) is 70.3 cm³/mol. The van der Waals surface area contributed by atoms with Gasteiger partial charge in [-0.1, -0.05) is 24.6 Å². The topological polar surface area (TPSA) is 50.2 Å². The number of carboxylic acids is 1. The van der Waals surface area contributed by atoms with Crippen molar-refractivity contribution < 1.29 is 9.90 Å². The minimum Gasteiger partial charge on any atom is -0.478 e. The van der Waals surface area contributed by atoms with Gasteiger partial charge in [0.05, 0.1) is 16.1 Å². The number of fused-ring (bicyclic) bond motifs is 1. The van der Waals surface area contributed by atoms with Gasteiger partial charge in [-0.2, -0.15) is 0 Å². The Balaban J connectivity index is 2.36. The summed E-state index contributed by atoms with van der Waals surface area (Å²) >= 11 is 6.09. The summed E-state index contributed by atoms with van der Waals surface area (Å²) in [5.74, 6) is -0.957. The van der Waals surface area contributed by atoms with Crippen LogP contribution in [0, 0.1) is 0 Å². The molecule has 0 bridgehead atoms. The van der Waals surface area contributed by atoms with Crippen molar-refractivity contribution in [1.82, 2.24) is 4.98 Å². The SMILES string of the molecule is CC1(c2cc(C(=O)O)c3c(Cl)cccc3n2)CC1. The molecular weight excluding hydrogens is 250 g/mol. The van der Waals surface area contributed by atoms with Crippen molar-refractivity contribution in [3.05, 3.63) is 40.5 Å². The lowest BCUT2D eigenvalue weighted by molar-refractivity contribution is 0.0699. The van der Waals surface area contributed by atoms with Gasteiger partial charge >= 0.3 is 5.97 Å². The molecule has 4 heteroatoms. The molecule has 1 saturated carbocycles. The van der Waals surface area contributed by atoms with Gasteiger partial charge in [-0.05, 0) is 31.0 Å². The molecule has 0 radical (unpaired) electrons. The Hall–Kier alpha value is -1.61. The fourth-order valence-corrected chi connectivity index (χ4v) is 2.44. The van der Waals surface area contributed by atoms with Crippen molar-refractivity contribution in [2.45, 2.75) is 25.2 Å². The quantitative estimate of drug-likeness (QED) is 0.898. The third-order valence-electron chi connectivity index (χ3n) is 3.63. The maximum absolute atomic E-state index is 11.4. The number of carbonyl (C=O) groups is 1. The summed E-state index contributed by atoms with van der Waals surface area (Å²) in [7, 11) is 0. The number of pyridine rings is 1. The van der Waals surface area contributed by atoms with E-state index in [1.807, 2.05) is 6.07 Å². The first-order valence-electron chi connectivity index (χ1n) is 5.84. The van der Waals surface area contributed by atoms with E-state index in [4.69, 9.17) is 11.6 Å². The average Bonchev–Trinajstić information content (AvgIpc) is 3.07. The van der Waals surface area contributed by atoms with Crippen LogP contribution >= 0.6 is 11.6 Å². The minimum atomic E-state index is -0.957. The highest BCUT2D eigenvalue weighted by atomic mass is 35.5. The zero-order valence-corrected chi connectivity index (χ0v) is 10.7. The third kappa shape index (κ3) is 1.66. The molecule has 3 nitrogen and oxygen atoms in total. The summed E-state index contributed by atoms with van der Waals surface area (Å²) in [5, 5.41) is 10.3. The van der Waals surface area contributed by atoms with Crippen molar-refractivity contribution in [3.8, 4) is 0 Å². The lowest BCUT2D eigenvalue weighted by Gasteiger charge is -2.12. The molecule has 0 aliphatic heterocycles. The Labute approximate surface area is 109 Å². The molecule has 1 aromatic carbocycles. The molecule has 92 valence electrons. The number of aromatic carboxylic acids is 1. The zero-order chi connectivity index (χ0) is 12.9. The number of hydrogen-bond donors (Lipinski definition) is 1. The van der Waals surface area contributed by atoms with Crippen LogP contribution in [0.1, 0.15) is 35.8 Å². The zero-order valence-electron chi connectivity index (χ0n) is 9.90. The molecule has 3 rings (SSSR count). The van der Waals surface area contributed by atoms with E-state index in [9.17, 15) is 9.90 Å². The van der Waals surface area contributed by atoms with Gasteiger partial charge in [0.2, 0.25) is 0 Å². The number of halogens is 1. The average molecular weight is 262 g/mol. The minimum absolute atomic E-state index is 0.0424. The standard InChI is InChI=1S/C14H12ClNO2/c1-14(5-6-14)11-7-8(13(17)18)12-9(15)3-2-4-10(12)16-11/h2-4,7H,5-6H2,1H3,(H,17,18). The summed E-state index contributed by atoms with van der Waals surface area (Å²) in [6.45, 7) is 2.11. The highest BCUT2D eigenvalue weighted by Crippen LogP contribution is 2.47. The molecule has 1 aliphatic carbocycles. The first kappa shape index (κ1) is 11.5. The van der Waals surface area contributed by atoms with E-state index >= 15 is 0 Å². The lowest BCUT2D eigenvalue weighted by Crippen LogP contribution is -2.08. The predicted octanol–water partition coefficient (Wildman–Crippen LogP) is 3.64. The van der Waals surface area contributed by atoms with Crippen molar-refractivity contribution in [3.63, 3.8) is 0 Å². The molecule has 0 unspecified atom stereocenters. The molecule has 2 aromatic rings. The summed E-state index contributed by atoms with van der Waals surface area (Å²) in [6, 6.07) is 6.96. The first-order valence-corrected chi connectivity index (χ1v) is 6.22. The molecular formula is C14H12ClNO2. The number of nitrogens with zero attached hydrogens (tertiary/aromatic N) is 1. The Morgan fingerprint density at radius 3 is 2.78 bits per heavy atom. The van der Waals surface area contributed by atoms with E-state index in [-0.39, 0.29) is 11.0 Å². The van der Waals surface area contributed by atoms with Gasteiger partial charge < -0.3 is 5.11 Å². The van der Waals surface area contributed by atoms with Crippen LogP contribution in [0.4, 0.5) is 0 Å². The normalized spacial score (nSPS) is 16.8. The van der Waals surface area contributed by atoms with E-state index in [0.717, 1.165) is 18.5 Å². The van der Waals surface area contributed by atoms with Gasteiger partial charge in [-0.25, -0.2) is 4.79 Å². The summed E-state index contributed by atoms with van der Waals surface area (Å²) in [4.78, 5) is 15.9. The van der Waals surface area contributed by atoms with Crippen molar-refractivity contribution >= 4 is 28.5 Å². The Bertz CT molecular complexity index is 662. The van der Waals surface area contributed by atoms with Crippen LogP contribution in [-0.4, -0.2) is 16.1 Å². The summed E-state index contributed by atoms with van der Waals surface area (Å²) in [6.07, 6.45) is 2.12. The highest BCUT2D eigenvalue weighted by molar-refractivity contribution is 6.36. The van der Waals surface area contributed by atoms with Gasteiger partial charge in [0.25, 0.3) is 0 Å². The smallest absolute Gasteiger partial charge is 0.336 e. The number of hydrogen-bond acceptors (Lipinski definition) is 2. The van der Waals surface area contributed by atoms with Crippen LogP contribution < -0.4 is 0 Å². The Morgan fingerprint density at radius 2 is 2.17 bits per heavy atom. The molecule has 0 amide bonds. The van der Waals surface area contributed by atoms with Gasteiger partial charge in [0.1, 0.15) is 0 Å². The monoisotopic (exact) mass is 261 g/mol. The van der Waals surface area contributed by atoms with Crippen LogP contribution in [0.2, 0.25) is 5.02 Å². The number of benzene rings is 1. The summed E-state index contributed by atoms with van der Waals surface area (Å²) in [5.41, 5.74) is 1.80. The van der Waals surface area contributed by atoms with E-state index in [1.165, 1.54) is 0 Å². The van der Waals surface area contributed by atoms with E-state index < -0.39 is 5.97 Å². The van der Waals surface area contributed by atoms with Crippen LogP contribution in [0.3, 0.4) is 0 Å². The molecule has 1 fully saturated rings. The van der Waals surface area contributed by atoms with Crippen LogP contribution in [0.15, 0.2) is 24.3 Å². The highest BCUT2D eigenvalue weighted by Gasteiger charge is 2.41. The van der Waals surface area contributed by atoms with Gasteiger partial charge in [-0.3, -0.25) is 4.98 Å². The van der Waals surface area contributed by atoms with Crippen molar-refractivity contribution in [2.24, 2.45) is 0 Å². The second-order valence-electron chi connectivity index (χ2n) is 5.05. The maximum atomic E-state index is 11.4. The van der Waals surface area contributed by atoms with Crippen molar-refractivity contribution in [1.29, 1.82) is 0 Å². The lowest BCUT2D eigenvalue weighted by atomic mass is 10.00. The number of carboxylic acid groups (broad SMARTS) is 1. The molecule has 0 saturated heterocycles. The molecule has 1 N–H and O–H groups in total. The number of rotatable bonds is 2. The van der Waals surface area contributed by atoms with Crippen LogP contribution in [0.25, 0.3) is 10.9 Å². The Morgan fingerprint density at radius 1 is 1.44 bits per heavy atom. The van der Waals surface area contributed by atoms with Crippen LogP contribution in [-0.2, 0) is 5.41 Å². The molecule has 0 atom stereocenters. The number of aromatic nitrogens is 1. The second-order valence-corrected chi connectivity index (χ2v) is 5.46. The van der Waals surface area contributed by atoms with E-state index in [0.29, 0.717) is 15.9 Å². The largest absolute Gasteiger partial charge is 0.478 e.